The third kappa shape index (κ3) is 5.03. The van der Waals surface area contributed by atoms with Gasteiger partial charge in [0.05, 0.1) is 0 Å². The minimum atomic E-state index is -0.179. The average Bonchev–Trinajstić information content (AvgIpc) is 2.81. The fourth-order valence-electron chi connectivity index (χ4n) is 5.98. The normalized spacial score (nSPS) is 18.2. The average molecular weight is 469 g/mol. The van der Waals surface area contributed by atoms with Crippen molar-refractivity contribution in [1.29, 1.82) is 0 Å². The number of nitrogens with zero attached hydrogens (tertiary/aromatic N) is 2. The molecule has 2 aromatic rings. The highest BCUT2D eigenvalue weighted by Crippen LogP contribution is 2.56. The van der Waals surface area contributed by atoms with Crippen molar-refractivity contribution in [2.24, 2.45) is 0 Å². The second kappa shape index (κ2) is 10.9. The molecule has 2 aliphatic carbocycles. The van der Waals surface area contributed by atoms with Crippen LogP contribution in [0.3, 0.4) is 0 Å². The summed E-state index contributed by atoms with van der Waals surface area (Å²) in [5, 5.41) is 3.15. The van der Waals surface area contributed by atoms with Crippen LogP contribution in [0.5, 0.6) is 0 Å². The molecule has 0 spiro atoms. The Bertz CT molecular complexity index is 852. The van der Waals surface area contributed by atoms with Gasteiger partial charge in [0.1, 0.15) is 0 Å². The van der Waals surface area contributed by atoms with Crippen LogP contribution in [-0.4, -0.2) is 39.5 Å². The van der Waals surface area contributed by atoms with Crippen LogP contribution in [0.4, 0.5) is 11.4 Å². The topological polar surface area (TPSA) is 6.48 Å². The Kier molecular flexibility index (Phi) is 8.18. The van der Waals surface area contributed by atoms with E-state index in [1.54, 1.807) is 5.30 Å². The molecular weight excluding hydrogens is 426 g/mol. The van der Waals surface area contributed by atoms with Crippen molar-refractivity contribution >= 4 is 39.1 Å². The summed E-state index contributed by atoms with van der Waals surface area (Å²) in [5.41, 5.74) is 7.37. The van der Waals surface area contributed by atoms with Crippen molar-refractivity contribution in [2.75, 3.05) is 38.0 Å². The first kappa shape index (κ1) is 24.0. The summed E-state index contributed by atoms with van der Waals surface area (Å²) in [7, 11) is 11.7. The van der Waals surface area contributed by atoms with Gasteiger partial charge in [-0.05, 0) is 65.3 Å². The fourth-order valence-corrected chi connectivity index (χ4v) is 10.7. The Morgan fingerprint density at radius 2 is 1.16 bits per heavy atom. The van der Waals surface area contributed by atoms with Gasteiger partial charge in [0.25, 0.3) is 0 Å². The smallest absolute Gasteiger partial charge is 0.0462 e. The Balaban J connectivity index is 1.93. The number of benzene rings is 2. The molecule has 2 aromatic carbocycles. The van der Waals surface area contributed by atoms with E-state index in [2.05, 4.69) is 83.6 Å². The van der Waals surface area contributed by atoms with Gasteiger partial charge in [0, 0.05) is 45.1 Å². The Morgan fingerprint density at radius 1 is 0.688 bits per heavy atom. The molecule has 0 bridgehead atoms. The summed E-state index contributed by atoms with van der Waals surface area (Å²) in [5.74, 6) is 0. The van der Waals surface area contributed by atoms with E-state index in [-0.39, 0.29) is 7.92 Å². The van der Waals surface area contributed by atoms with E-state index >= 15 is 0 Å². The van der Waals surface area contributed by atoms with Gasteiger partial charge in [-0.1, -0.05) is 70.7 Å². The lowest BCUT2D eigenvalue weighted by molar-refractivity contribution is 0.487. The highest BCUT2D eigenvalue weighted by atomic mass is 31.1. The van der Waals surface area contributed by atoms with E-state index in [1.807, 2.05) is 0 Å². The number of rotatable bonds is 6. The quantitative estimate of drug-likeness (QED) is 0.432. The zero-order chi connectivity index (χ0) is 22.7. The number of anilines is 2. The molecule has 0 radical (unpaired) electrons. The molecule has 0 aliphatic heterocycles. The Labute approximate surface area is 200 Å². The van der Waals surface area contributed by atoms with Crippen LogP contribution in [0.15, 0.2) is 36.4 Å². The molecular formula is C28H42N2P2. The van der Waals surface area contributed by atoms with Crippen molar-refractivity contribution in [3.63, 3.8) is 0 Å². The zero-order valence-electron chi connectivity index (χ0n) is 20.6. The van der Waals surface area contributed by atoms with Gasteiger partial charge in [0.2, 0.25) is 0 Å². The SMILES string of the molecule is CN(C)c1cccc(N(C)C)c1-c1cccc(P)c1P(C1CCCCC1)C1CCCCC1. The minimum Gasteiger partial charge on any atom is -0.377 e. The first-order valence-electron chi connectivity index (χ1n) is 12.6. The molecule has 0 amide bonds. The van der Waals surface area contributed by atoms with Gasteiger partial charge in [-0.3, -0.25) is 0 Å². The monoisotopic (exact) mass is 468 g/mol. The first-order chi connectivity index (χ1) is 15.5. The molecule has 2 saturated carbocycles. The molecule has 0 N–H and O–H groups in total. The van der Waals surface area contributed by atoms with E-state index < -0.39 is 0 Å². The molecule has 2 aliphatic rings. The van der Waals surface area contributed by atoms with Crippen molar-refractivity contribution in [1.82, 2.24) is 0 Å². The van der Waals surface area contributed by atoms with Crippen LogP contribution in [0.25, 0.3) is 11.1 Å². The van der Waals surface area contributed by atoms with E-state index in [9.17, 15) is 0 Å². The van der Waals surface area contributed by atoms with Gasteiger partial charge in [-0.15, -0.1) is 9.24 Å². The molecule has 2 nitrogen and oxygen atoms in total. The van der Waals surface area contributed by atoms with Crippen molar-refractivity contribution in [2.45, 2.75) is 75.5 Å². The predicted octanol–water partition coefficient (Wildman–Crippen LogP) is 6.76. The molecule has 4 rings (SSSR count). The summed E-state index contributed by atoms with van der Waals surface area (Å²) in [6.45, 7) is 0. The number of hydrogen-bond donors (Lipinski definition) is 0. The third-order valence-electron chi connectivity index (χ3n) is 7.52. The standard InChI is InChI=1S/C28H42N2P2/c1-29(2)24-18-12-19-25(30(3)4)27(24)23-17-11-20-26(31)28(23)32(21-13-7-5-8-14-21)22-15-9-6-10-16-22/h11-12,17-22H,5-10,13-16,31H2,1-4H3. The first-order valence-corrected chi connectivity index (χ1v) is 14.7. The van der Waals surface area contributed by atoms with Gasteiger partial charge in [-0.25, -0.2) is 0 Å². The molecule has 174 valence electrons. The van der Waals surface area contributed by atoms with E-state index in [4.69, 9.17) is 0 Å². The molecule has 1 atom stereocenters. The highest BCUT2D eigenvalue weighted by Gasteiger charge is 2.35. The molecule has 2 fully saturated rings. The van der Waals surface area contributed by atoms with Crippen LogP contribution >= 0.6 is 17.2 Å². The maximum Gasteiger partial charge on any atom is 0.0462 e. The minimum absolute atomic E-state index is 0.179. The molecule has 0 aromatic heterocycles. The van der Waals surface area contributed by atoms with E-state index in [1.165, 1.54) is 92.0 Å². The molecule has 1 unspecified atom stereocenters. The van der Waals surface area contributed by atoms with Crippen LogP contribution in [0, 0.1) is 0 Å². The van der Waals surface area contributed by atoms with Gasteiger partial charge in [-0.2, -0.15) is 0 Å². The molecule has 32 heavy (non-hydrogen) atoms. The second-order valence-electron chi connectivity index (χ2n) is 10.2. The maximum atomic E-state index is 3.15. The van der Waals surface area contributed by atoms with Crippen molar-refractivity contribution in [3.05, 3.63) is 36.4 Å². The maximum absolute atomic E-state index is 3.15. The summed E-state index contributed by atoms with van der Waals surface area (Å²) in [6.07, 6.45) is 14.4. The molecule has 4 heteroatoms. The van der Waals surface area contributed by atoms with Crippen molar-refractivity contribution < 1.29 is 0 Å². The zero-order valence-corrected chi connectivity index (χ0v) is 22.7. The van der Waals surface area contributed by atoms with E-state index in [0.717, 1.165) is 11.3 Å². The van der Waals surface area contributed by atoms with Crippen LogP contribution < -0.4 is 20.4 Å². The summed E-state index contributed by atoms with van der Waals surface area (Å²) in [6, 6.07) is 13.9. The lowest BCUT2D eigenvalue weighted by Gasteiger charge is -2.40. The Morgan fingerprint density at radius 3 is 1.62 bits per heavy atom. The second-order valence-corrected chi connectivity index (χ2v) is 13.5. The molecule has 0 saturated heterocycles. The summed E-state index contributed by atoms with van der Waals surface area (Å²) in [4.78, 5) is 4.59. The lowest BCUT2D eigenvalue weighted by Crippen LogP contribution is -2.32. The van der Waals surface area contributed by atoms with Gasteiger partial charge in [0.15, 0.2) is 0 Å². The van der Waals surface area contributed by atoms with Gasteiger partial charge >= 0.3 is 0 Å². The fraction of sp³-hybridized carbons (Fsp3) is 0.571. The lowest BCUT2D eigenvalue weighted by atomic mass is 9.99. The van der Waals surface area contributed by atoms with Gasteiger partial charge < -0.3 is 9.80 Å². The summed E-state index contributed by atoms with van der Waals surface area (Å²) < 4.78 is 0. The van der Waals surface area contributed by atoms with Crippen LogP contribution in [-0.2, 0) is 0 Å². The third-order valence-corrected chi connectivity index (χ3v) is 11.9. The highest BCUT2D eigenvalue weighted by molar-refractivity contribution is 7.68. The molecule has 0 heterocycles. The number of hydrogen-bond acceptors (Lipinski definition) is 2. The Hall–Kier alpha value is -1.10. The largest absolute Gasteiger partial charge is 0.377 e. The van der Waals surface area contributed by atoms with Crippen LogP contribution in [0.2, 0.25) is 0 Å². The van der Waals surface area contributed by atoms with E-state index in [0.29, 0.717) is 0 Å². The van der Waals surface area contributed by atoms with Crippen molar-refractivity contribution in [3.8, 4) is 11.1 Å². The predicted molar refractivity (Wildman–Crippen MR) is 150 cm³/mol. The summed E-state index contributed by atoms with van der Waals surface area (Å²) >= 11 is 0. The van der Waals surface area contributed by atoms with Crippen LogP contribution in [0.1, 0.15) is 64.2 Å².